The summed E-state index contributed by atoms with van der Waals surface area (Å²) in [6.07, 6.45) is 11.6. The van der Waals surface area contributed by atoms with Crippen molar-refractivity contribution >= 4 is 5.65 Å². The minimum absolute atomic E-state index is 0.326. The zero-order valence-corrected chi connectivity index (χ0v) is 12.6. The number of nitrogens with zero attached hydrogens (tertiary/aromatic N) is 5. The summed E-state index contributed by atoms with van der Waals surface area (Å²) in [5.74, 6) is 0.811. The monoisotopic (exact) mass is 282 g/mol. The van der Waals surface area contributed by atoms with Crippen molar-refractivity contribution in [2.45, 2.75) is 39.2 Å². The van der Waals surface area contributed by atoms with Crippen LogP contribution in [0.25, 0.3) is 5.65 Å². The maximum atomic E-state index is 4.43. The summed E-state index contributed by atoms with van der Waals surface area (Å²) in [5, 5.41) is 4.36. The van der Waals surface area contributed by atoms with Crippen molar-refractivity contribution in [3.63, 3.8) is 0 Å². The second kappa shape index (κ2) is 5.60. The first-order valence-corrected chi connectivity index (χ1v) is 7.27. The fraction of sp³-hybridized carbons (Fsp3) is 0.375. The molecule has 1 atom stereocenters. The van der Waals surface area contributed by atoms with Crippen molar-refractivity contribution in [3.05, 3.63) is 54.5 Å². The van der Waals surface area contributed by atoms with Crippen LogP contribution in [0.15, 0.2) is 43.4 Å². The summed E-state index contributed by atoms with van der Waals surface area (Å²) in [5.41, 5.74) is 3.35. The van der Waals surface area contributed by atoms with Gasteiger partial charge in [-0.25, -0.2) is 14.1 Å². The standard InChI is InChI=1S/C16H20N5/c1-12(2)14-7-17-11-20(10-14)9-13(3)15-8-19-21-6-4-5-18-16(15)21/h4-8,10-13H,9H2,1-3H3/q+1. The van der Waals surface area contributed by atoms with Crippen LogP contribution in [0, 0.1) is 0 Å². The summed E-state index contributed by atoms with van der Waals surface area (Å²) < 4.78 is 3.96. The molecule has 0 radical (unpaired) electrons. The van der Waals surface area contributed by atoms with Gasteiger partial charge >= 0.3 is 0 Å². The van der Waals surface area contributed by atoms with Crippen LogP contribution in [-0.2, 0) is 6.54 Å². The lowest BCUT2D eigenvalue weighted by Crippen LogP contribution is -2.36. The molecule has 5 nitrogen and oxygen atoms in total. The first-order valence-electron chi connectivity index (χ1n) is 7.27. The molecule has 0 aromatic carbocycles. The molecule has 0 N–H and O–H groups in total. The lowest BCUT2D eigenvalue weighted by Gasteiger charge is -2.09. The molecule has 5 heteroatoms. The molecule has 1 unspecified atom stereocenters. The maximum absolute atomic E-state index is 4.43. The Balaban J connectivity index is 1.86. The van der Waals surface area contributed by atoms with E-state index in [4.69, 9.17) is 0 Å². The van der Waals surface area contributed by atoms with Crippen LogP contribution >= 0.6 is 0 Å². The van der Waals surface area contributed by atoms with Gasteiger partial charge in [-0.05, 0) is 12.0 Å². The third kappa shape index (κ3) is 2.77. The van der Waals surface area contributed by atoms with E-state index in [-0.39, 0.29) is 0 Å². The van der Waals surface area contributed by atoms with E-state index in [0.29, 0.717) is 11.8 Å². The molecule has 0 saturated heterocycles. The van der Waals surface area contributed by atoms with Gasteiger partial charge in [0.05, 0.1) is 18.9 Å². The third-order valence-electron chi connectivity index (χ3n) is 3.74. The van der Waals surface area contributed by atoms with Crippen LogP contribution in [0.1, 0.15) is 43.7 Å². The molecule has 0 saturated carbocycles. The maximum Gasteiger partial charge on any atom is 0.286 e. The largest absolute Gasteiger partial charge is 0.286 e. The van der Waals surface area contributed by atoms with Gasteiger partial charge in [-0.15, -0.1) is 0 Å². The van der Waals surface area contributed by atoms with Crippen molar-refractivity contribution in [1.29, 1.82) is 0 Å². The Kier molecular flexibility index (Phi) is 3.64. The molecule has 3 heterocycles. The van der Waals surface area contributed by atoms with Gasteiger partial charge in [0, 0.05) is 29.4 Å². The Morgan fingerprint density at radius 2 is 2.10 bits per heavy atom. The van der Waals surface area contributed by atoms with E-state index in [1.165, 1.54) is 5.56 Å². The van der Waals surface area contributed by atoms with E-state index in [0.717, 1.165) is 17.8 Å². The molecule has 3 aromatic rings. The van der Waals surface area contributed by atoms with Gasteiger partial charge in [0.2, 0.25) is 0 Å². The quantitative estimate of drug-likeness (QED) is 0.690. The molecule has 0 bridgehead atoms. The van der Waals surface area contributed by atoms with Crippen LogP contribution in [0.5, 0.6) is 0 Å². The average molecular weight is 282 g/mol. The van der Waals surface area contributed by atoms with E-state index in [1.807, 2.05) is 35.5 Å². The summed E-state index contributed by atoms with van der Waals surface area (Å²) in [6, 6.07) is 1.89. The average Bonchev–Trinajstić information content (AvgIpc) is 2.91. The van der Waals surface area contributed by atoms with E-state index in [2.05, 4.69) is 46.6 Å². The minimum atomic E-state index is 0.326. The second-order valence-electron chi connectivity index (χ2n) is 5.76. The summed E-state index contributed by atoms with van der Waals surface area (Å²) in [6.45, 7) is 7.42. The lowest BCUT2D eigenvalue weighted by atomic mass is 10.0. The Morgan fingerprint density at radius 1 is 1.24 bits per heavy atom. The van der Waals surface area contributed by atoms with Crippen LogP contribution in [0.3, 0.4) is 0 Å². The summed E-state index contributed by atoms with van der Waals surface area (Å²) in [4.78, 5) is 8.75. The fourth-order valence-electron chi connectivity index (χ4n) is 2.47. The van der Waals surface area contributed by atoms with Gasteiger partial charge in [0.15, 0.2) is 5.65 Å². The van der Waals surface area contributed by atoms with E-state index in [9.17, 15) is 0 Å². The zero-order chi connectivity index (χ0) is 14.8. The van der Waals surface area contributed by atoms with Crippen molar-refractivity contribution in [2.75, 3.05) is 0 Å². The SMILES string of the molecule is CC(C)c1cnc[n+](CC(C)c2cnn3cccnc23)c1. The van der Waals surface area contributed by atoms with E-state index < -0.39 is 0 Å². The van der Waals surface area contributed by atoms with Crippen LogP contribution in [0.4, 0.5) is 0 Å². The molecule has 3 aromatic heterocycles. The Labute approximate surface area is 124 Å². The highest BCUT2D eigenvalue weighted by molar-refractivity contribution is 5.47. The Hall–Kier alpha value is -2.30. The van der Waals surface area contributed by atoms with Gasteiger partial charge in [-0.3, -0.25) is 0 Å². The first kappa shape index (κ1) is 13.7. The topological polar surface area (TPSA) is 47.0 Å². The van der Waals surface area contributed by atoms with Gasteiger partial charge in [0.25, 0.3) is 6.33 Å². The molecule has 0 fully saturated rings. The van der Waals surface area contributed by atoms with Crippen molar-refractivity contribution < 1.29 is 4.57 Å². The van der Waals surface area contributed by atoms with Gasteiger partial charge in [0.1, 0.15) is 6.20 Å². The normalized spacial score (nSPS) is 13.0. The van der Waals surface area contributed by atoms with E-state index in [1.54, 1.807) is 6.20 Å². The smallest absolute Gasteiger partial charge is 0.237 e. The van der Waals surface area contributed by atoms with Gasteiger partial charge in [-0.1, -0.05) is 25.8 Å². The number of hydrogen-bond acceptors (Lipinski definition) is 3. The van der Waals surface area contributed by atoms with Crippen molar-refractivity contribution in [1.82, 2.24) is 19.6 Å². The van der Waals surface area contributed by atoms with Crippen LogP contribution < -0.4 is 4.57 Å². The highest BCUT2D eigenvalue weighted by Gasteiger charge is 2.16. The highest BCUT2D eigenvalue weighted by Crippen LogP contribution is 2.19. The fourth-order valence-corrected chi connectivity index (χ4v) is 2.47. The summed E-state index contributed by atoms with van der Waals surface area (Å²) in [7, 11) is 0. The number of rotatable bonds is 4. The Morgan fingerprint density at radius 3 is 2.90 bits per heavy atom. The molecule has 0 aliphatic carbocycles. The number of fused-ring (bicyclic) bond motifs is 1. The molecule has 108 valence electrons. The molecular formula is C16H20N5+. The predicted molar refractivity (Wildman–Crippen MR) is 79.9 cm³/mol. The Bertz CT molecular complexity index is 747. The predicted octanol–water partition coefficient (Wildman–Crippen LogP) is 2.34. The molecule has 21 heavy (non-hydrogen) atoms. The molecule has 0 spiro atoms. The second-order valence-corrected chi connectivity index (χ2v) is 5.76. The molecule has 3 rings (SSSR count). The van der Waals surface area contributed by atoms with Gasteiger partial charge in [-0.2, -0.15) is 5.10 Å². The zero-order valence-electron chi connectivity index (χ0n) is 12.6. The van der Waals surface area contributed by atoms with Crippen LogP contribution in [-0.4, -0.2) is 19.6 Å². The highest BCUT2D eigenvalue weighted by atomic mass is 15.2. The van der Waals surface area contributed by atoms with Gasteiger partial charge < -0.3 is 0 Å². The molecule has 0 aliphatic rings. The molecule has 0 aliphatic heterocycles. The first-order chi connectivity index (χ1) is 10.1. The van der Waals surface area contributed by atoms with Crippen molar-refractivity contribution in [3.8, 4) is 0 Å². The van der Waals surface area contributed by atoms with Crippen LogP contribution in [0.2, 0.25) is 0 Å². The summed E-state index contributed by atoms with van der Waals surface area (Å²) >= 11 is 0. The lowest BCUT2D eigenvalue weighted by molar-refractivity contribution is -0.702. The third-order valence-corrected chi connectivity index (χ3v) is 3.74. The molecule has 0 amide bonds. The van der Waals surface area contributed by atoms with E-state index >= 15 is 0 Å². The number of aromatic nitrogens is 5. The minimum Gasteiger partial charge on any atom is -0.237 e. The molecular weight excluding hydrogens is 262 g/mol. The number of hydrogen-bond donors (Lipinski definition) is 0. The van der Waals surface area contributed by atoms with Crippen molar-refractivity contribution in [2.24, 2.45) is 0 Å².